The molecule has 146 valence electrons. The molecule has 1 aromatic heterocycles. The molecule has 5 heteroatoms. The number of H-pyrrole nitrogens is 1. The molecule has 0 aliphatic heterocycles. The number of nitrogens with one attached hydrogen (secondary N) is 1. The molecule has 4 aromatic rings. The zero-order valence-corrected chi connectivity index (χ0v) is 15.8. The van der Waals surface area contributed by atoms with E-state index in [0.717, 1.165) is 11.1 Å². The number of benzene rings is 3. The fraction of sp³-hybridized carbons (Fsp3) is 0.125. The SMILES string of the molecule is Fc1c(Cc2ncc[nH]2)ccc(OCc2ccccc2)c1OCc1ccccc1. The van der Waals surface area contributed by atoms with Gasteiger partial charge in [-0.05, 0) is 22.8 Å². The predicted octanol–water partition coefficient (Wildman–Crippen LogP) is 5.30. The van der Waals surface area contributed by atoms with Crippen molar-refractivity contribution in [3.8, 4) is 11.5 Å². The lowest BCUT2D eigenvalue weighted by Crippen LogP contribution is -2.05. The van der Waals surface area contributed by atoms with Gasteiger partial charge in [-0.2, -0.15) is 0 Å². The van der Waals surface area contributed by atoms with Crippen LogP contribution in [0.2, 0.25) is 0 Å². The number of hydrogen-bond acceptors (Lipinski definition) is 3. The van der Waals surface area contributed by atoms with Gasteiger partial charge in [0.2, 0.25) is 0 Å². The fourth-order valence-electron chi connectivity index (χ4n) is 3.00. The van der Waals surface area contributed by atoms with Crippen LogP contribution >= 0.6 is 0 Å². The highest BCUT2D eigenvalue weighted by Crippen LogP contribution is 2.34. The Kier molecular flexibility index (Phi) is 5.86. The van der Waals surface area contributed by atoms with Crippen molar-refractivity contribution in [3.05, 3.63) is 114 Å². The molecular weight excluding hydrogens is 367 g/mol. The van der Waals surface area contributed by atoms with Gasteiger partial charge in [0.1, 0.15) is 19.0 Å². The Bertz CT molecular complexity index is 1040. The molecule has 0 unspecified atom stereocenters. The van der Waals surface area contributed by atoms with Gasteiger partial charge in [0.25, 0.3) is 0 Å². The summed E-state index contributed by atoms with van der Waals surface area (Å²) in [6.45, 7) is 0.586. The third-order valence-electron chi connectivity index (χ3n) is 4.52. The van der Waals surface area contributed by atoms with E-state index in [-0.39, 0.29) is 12.4 Å². The Morgan fingerprint density at radius 3 is 2.07 bits per heavy atom. The first-order valence-corrected chi connectivity index (χ1v) is 9.42. The second kappa shape index (κ2) is 9.06. The minimum absolute atomic E-state index is 0.119. The molecule has 0 radical (unpaired) electrons. The summed E-state index contributed by atoms with van der Waals surface area (Å²) >= 11 is 0. The average Bonchev–Trinajstić information content (AvgIpc) is 3.28. The summed E-state index contributed by atoms with van der Waals surface area (Å²) in [5, 5.41) is 0. The van der Waals surface area contributed by atoms with Crippen LogP contribution in [-0.2, 0) is 19.6 Å². The van der Waals surface area contributed by atoms with E-state index < -0.39 is 5.82 Å². The van der Waals surface area contributed by atoms with E-state index in [1.54, 1.807) is 24.5 Å². The van der Waals surface area contributed by atoms with Crippen LogP contribution in [0.25, 0.3) is 0 Å². The Hall–Kier alpha value is -3.60. The van der Waals surface area contributed by atoms with Crippen molar-refractivity contribution in [2.24, 2.45) is 0 Å². The highest BCUT2D eigenvalue weighted by molar-refractivity contribution is 5.45. The Morgan fingerprint density at radius 1 is 0.793 bits per heavy atom. The Balaban J connectivity index is 1.58. The summed E-state index contributed by atoms with van der Waals surface area (Å²) in [6, 6.07) is 22.9. The number of imidazole rings is 1. The first-order chi connectivity index (χ1) is 14.3. The molecule has 0 amide bonds. The molecule has 0 aliphatic rings. The molecule has 0 atom stereocenters. The van der Waals surface area contributed by atoms with Gasteiger partial charge in [-0.15, -0.1) is 0 Å². The van der Waals surface area contributed by atoms with Crippen LogP contribution in [-0.4, -0.2) is 9.97 Å². The van der Waals surface area contributed by atoms with Crippen LogP contribution in [0.4, 0.5) is 4.39 Å². The lowest BCUT2D eigenvalue weighted by atomic mass is 10.1. The molecular formula is C24H21FN2O2. The molecule has 1 heterocycles. The van der Waals surface area contributed by atoms with Gasteiger partial charge in [0, 0.05) is 18.8 Å². The zero-order chi connectivity index (χ0) is 19.9. The molecule has 0 aliphatic carbocycles. The summed E-state index contributed by atoms with van der Waals surface area (Å²) in [6.07, 6.45) is 3.72. The molecule has 0 bridgehead atoms. The molecule has 0 saturated carbocycles. The van der Waals surface area contributed by atoms with Crippen LogP contribution in [0.3, 0.4) is 0 Å². The molecule has 29 heavy (non-hydrogen) atoms. The van der Waals surface area contributed by atoms with Gasteiger partial charge in [0.05, 0.1) is 0 Å². The number of aromatic nitrogens is 2. The largest absolute Gasteiger partial charge is 0.485 e. The van der Waals surface area contributed by atoms with Crippen molar-refractivity contribution in [2.45, 2.75) is 19.6 Å². The number of aromatic amines is 1. The monoisotopic (exact) mass is 388 g/mol. The molecule has 0 spiro atoms. The van der Waals surface area contributed by atoms with Crippen molar-refractivity contribution in [1.82, 2.24) is 9.97 Å². The standard InChI is InChI=1S/C24H21FN2O2/c25-23-20(15-22-26-13-14-27-22)11-12-21(28-16-18-7-3-1-4-8-18)24(23)29-17-19-9-5-2-6-10-19/h1-14H,15-17H2,(H,26,27). The second-order valence-corrected chi connectivity index (χ2v) is 6.63. The van der Waals surface area contributed by atoms with Gasteiger partial charge >= 0.3 is 0 Å². The van der Waals surface area contributed by atoms with Crippen LogP contribution in [0.1, 0.15) is 22.5 Å². The molecule has 3 aromatic carbocycles. The van der Waals surface area contributed by atoms with Crippen molar-refractivity contribution in [1.29, 1.82) is 0 Å². The van der Waals surface area contributed by atoms with E-state index in [1.807, 2.05) is 60.7 Å². The predicted molar refractivity (Wildman–Crippen MR) is 109 cm³/mol. The number of hydrogen-bond donors (Lipinski definition) is 1. The van der Waals surface area contributed by atoms with Gasteiger partial charge in [-0.3, -0.25) is 0 Å². The Morgan fingerprint density at radius 2 is 1.45 bits per heavy atom. The third-order valence-corrected chi connectivity index (χ3v) is 4.52. The van der Waals surface area contributed by atoms with E-state index in [0.29, 0.717) is 30.2 Å². The summed E-state index contributed by atoms with van der Waals surface area (Å²) in [7, 11) is 0. The minimum atomic E-state index is -0.428. The highest BCUT2D eigenvalue weighted by atomic mass is 19.1. The van der Waals surface area contributed by atoms with Crippen LogP contribution in [0.15, 0.2) is 85.2 Å². The maximum atomic E-state index is 15.3. The number of halogens is 1. The minimum Gasteiger partial charge on any atom is -0.485 e. The van der Waals surface area contributed by atoms with Gasteiger partial charge in [0.15, 0.2) is 17.3 Å². The topological polar surface area (TPSA) is 47.1 Å². The van der Waals surface area contributed by atoms with Gasteiger partial charge < -0.3 is 14.5 Å². The summed E-state index contributed by atoms with van der Waals surface area (Å²) < 4.78 is 27.1. The lowest BCUT2D eigenvalue weighted by molar-refractivity contribution is 0.245. The van der Waals surface area contributed by atoms with E-state index in [1.165, 1.54) is 0 Å². The number of ether oxygens (including phenoxy) is 2. The maximum absolute atomic E-state index is 15.3. The first kappa shape index (κ1) is 18.7. The van der Waals surface area contributed by atoms with Crippen LogP contribution in [0.5, 0.6) is 11.5 Å². The van der Waals surface area contributed by atoms with Crippen LogP contribution in [0, 0.1) is 5.82 Å². The first-order valence-electron chi connectivity index (χ1n) is 9.42. The van der Waals surface area contributed by atoms with E-state index in [4.69, 9.17) is 9.47 Å². The van der Waals surface area contributed by atoms with Crippen LogP contribution < -0.4 is 9.47 Å². The molecule has 4 nitrogen and oxygen atoms in total. The molecule has 4 rings (SSSR count). The maximum Gasteiger partial charge on any atom is 0.197 e. The molecule has 1 N–H and O–H groups in total. The summed E-state index contributed by atoms with van der Waals surface area (Å²) in [5.41, 5.74) is 2.45. The van der Waals surface area contributed by atoms with Crippen molar-refractivity contribution >= 4 is 0 Å². The molecule has 0 saturated heterocycles. The summed E-state index contributed by atoms with van der Waals surface area (Å²) in [5.74, 6) is 0.762. The summed E-state index contributed by atoms with van der Waals surface area (Å²) in [4.78, 5) is 7.18. The van der Waals surface area contributed by atoms with Gasteiger partial charge in [-0.25, -0.2) is 9.37 Å². The second-order valence-electron chi connectivity index (χ2n) is 6.63. The van der Waals surface area contributed by atoms with Crippen molar-refractivity contribution in [3.63, 3.8) is 0 Å². The van der Waals surface area contributed by atoms with E-state index in [9.17, 15) is 0 Å². The fourth-order valence-corrected chi connectivity index (χ4v) is 3.00. The van der Waals surface area contributed by atoms with Crippen molar-refractivity contribution < 1.29 is 13.9 Å². The average molecular weight is 388 g/mol. The third kappa shape index (κ3) is 4.82. The zero-order valence-electron chi connectivity index (χ0n) is 15.8. The highest BCUT2D eigenvalue weighted by Gasteiger charge is 2.17. The number of rotatable bonds is 8. The number of nitrogens with zero attached hydrogens (tertiary/aromatic N) is 1. The smallest absolute Gasteiger partial charge is 0.197 e. The van der Waals surface area contributed by atoms with Gasteiger partial charge in [-0.1, -0.05) is 66.7 Å². The van der Waals surface area contributed by atoms with E-state index >= 15 is 4.39 Å². The van der Waals surface area contributed by atoms with E-state index in [2.05, 4.69) is 9.97 Å². The van der Waals surface area contributed by atoms with Crippen molar-refractivity contribution in [2.75, 3.05) is 0 Å². The molecule has 0 fully saturated rings. The normalized spacial score (nSPS) is 10.7. The quantitative estimate of drug-likeness (QED) is 0.446. The lowest BCUT2D eigenvalue weighted by Gasteiger charge is -2.16. The Labute approximate surface area is 169 Å².